The predicted molar refractivity (Wildman–Crippen MR) is 90.7 cm³/mol. The first-order valence-electron chi connectivity index (χ1n) is 7.75. The number of carbonyl (C=O) groups excluding carboxylic acids is 2. The van der Waals surface area contributed by atoms with E-state index in [0.717, 1.165) is 18.4 Å². The summed E-state index contributed by atoms with van der Waals surface area (Å²) in [6.07, 6.45) is 1.58. The van der Waals surface area contributed by atoms with Gasteiger partial charge in [0.15, 0.2) is 0 Å². The summed E-state index contributed by atoms with van der Waals surface area (Å²) in [5, 5.41) is 5.51. The molecule has 22 heavy (non-hydrogen) atoms. The minimum atomic E-state index is -0.622. The Bertz CT molecular complexity index is 542. The molecule has 0 saturated carbocycles. The maximum absolute atomic E-state index is 12.1. The molecule has 0 aliphatic carbocycles. The third kappa shape index (κ3) is 5.88. The summed E-state index contributed by atoms with van der Waals surface area (Å²) in [6, 6.07) is 7.51. The monoisotopic (exact) mass is 304 g/mol. The average Bonchev–Trinajstić information content (AvgIpc) is 2.35. The van der Waals surface area contributed by atoms with Crippen LogP contribution in [0.25, 0.3) is 0 Å². The highest BCUT2D eigenvalue weighted by atomic mass is 16.2. The van der Waals surface area contributed by atoms with Gasteiger partial charge in [-0.05, 0) is 43.7 Å². The maximum Gasteiger partial charge on any atom is 0.313 e. The molecule has 0 radical (unpaired) electrons. The van der Waals surface area contributed by atoms with Gasteiger partial charge in [0.1, 0.15) is 0 Å². The van der Waals surface area contributed by atoms with E-state index in [9.17, 15) is 9.59 Å². The zero-order chi connectivity index (χ0) is 17.0. The van der Waals surface area contributed by atoms with E-state index < -0.39 is 17.4 Å². The van der Waals surface area contributed by atoms with Crippen LogP contribution in [0.5, 0.6) is 0 Å². The van der Waals surface area contributed by atoms with Crippen molar-refractivity contribution in [1.29, 1.82) is 0 Å². The van der Waals surface area contributed by atoms with E-state index in [1.807, 2.05) is 45.0 Å². The van der Waals surface area contributed by atoms with Crippen LogP contribution >= 0.6 is 0 Å². The highest BCUT2D eigenvalue weighted by Crippen LogP contribution is 2.26. The molecule has 4 nitrogen and oxygen atoms in total. The molecule has 0 aromatic heterocycles. The second kappa shape index (κ2) is 6.95. The molecular weight excluding hydrogens is 276 g/mol. The highest BCUT2D eigenvalue weighted by molar-refractivity contribution is 6.39. The topological polar surface area (TPSA) is 58.2 Å². The summed E-state index contributed by atoms with van der Waals surface area (Å²) in [5.74, 6) is -1.22. The Labute approximate surface area is 133 Å². The molecule has 1 aromatic carbocycles. The van der Waals surface area contributed by atoms with E-state index in [1.165, 1.54) is 0 Å². The fraction of sp³-hybridized carbons (Fsp3) is 0.556. The smallest absolute Gasteiger partial charge is 0.313 e. The molecule has 1 aromatic rings. The summed E-state index contributed by atoms with van der Waals surface area (Å²) in [7, 11) is 0. The van der Waals surface area contributed by atoms with E-state index in [1.54, 1.807) is 0 Å². The molecule has 4 heteroatoms. The van der Waals surface area contributed by atoms with Gasteiger partial charge >= 0.3 is 11.8 Å². The number of nitrogens with one attached hydrogen (secondary N) is 2. The number of anilines is 1. The molecule has 0 unspecified atom stereocenters. The van der Waals surface area contributed by atoms with Crippen LogP contribution in [0.2, 0.25) is 0 Å². The molecular formula is C18H28N2O2. The summed E-state index contributed by atoms with van der Waals surface area (Å²) < 4.78 is 0. The van der Waals surface area contributed by atoms with Gasteiger partial charge in [-0.15, -0.1) is 0 Å². The van der Waals surface area contributed by atoms with E-state index in [0.29, 0.717) is 5.69 Å². The molecule has 0 aliphatic heterocycles. The van der Waals surface area contributed by atoms with E-state index >= 15 is 0 Å². The Balaban J connectivity index is 2.72. The number of hydrogen-bond donors (Lipinski definition) is 2. The van der Waals surface area contributed by atoms with Crippen molar-refractivity contribution in [3.63, 3.8) is 0 Å². The number of carbonyl (C=O) groups is 2. The van der Waals surface area contributed by atoms with Crippen LogP contribution in [0, 0.1) is 5.41 Å². The van der Waals surface area contributed by atoms with Crippen molar-refractivity contribution in [3.8, 4) is 0 Å². The van der Waals surface area contributed by atoms with Crippen LogP contribution in [-0.4, -0.2) is 17.4 Å². The Morgan fingerprint density at radius 3 is 2.14 bits per heavy atom. The summed E-state index contributed by atoms with van der Waals surface area (Å²) in [6.45, 7) is 12.2. The molecule has 0 atom stereocenters. The van der Waals surface area contributed by atoms with Crippen molar-refractivity contribution >= 4 is 17.5 Å². The van der Waals surface area contributed by atoms with Gasteiger partial charge in [0, 0.05) is 11.2 Å². The lowest BCUT2D eigenvalue weighted by molar-refractivity contribution is -0.137. The number of para-hydroxylation sites is 1. The molecule has 2 N–H and O–H groups in total. The van der Waals surface area contributed by atoms with Crippen molar-refractivity contribution in [1.82, 2.24) is 5.32 Å². The minimum Gasteiger partial charge on any atom is -0.343 e. The molecule has 0 aliphatic rings. The first kappa shape index (κ1) is 18.2. The summed E-state index contributed by atoms with van der Waals surface area (Å²) in [4.78, 5) is 24.2. The van der Waals surface area contributed by atoms with Crippen LogP contribution < -0.4 is 10.6 Å². The van der Waals surface area contributed by atoms with Crippen molar-refractivity contribution in [2.45, 2.75) is 59.9 Å². The van der Waals surface area contributed by atoms with E-state index in [2.05, 4.69) is 31.4 Å². The van der Waals surface area contributed by atoms with Gasteiger partial charge < -0.3 is 10.6 Å². The number of benzene rings is 1. The Morgan fingerprint density at radius 1 is 1.00 bits per heavy atom. The lowest BCUT2D eigenvalue weighted by Crippen LogP contribution is -2.49. The number of hydrogen-bond acceptors (Lipinski definition) is 2. The lowest BCUT2D eigenvalue weighted by atomic mass is 9.82. The first-order valence-corrected chi connectivity index (χ1v) is 7.75. The predicted octanol–water partition coefficient (Wildman–Crippen LogP) is 3.52. The van der Waals surface area contributed by atoms with Gasteiger partial charge in [-0.1, -0.05) is 45.9 Å². The van der Waals surface area contributed by atoms with Crippen LogP contribution in [0.3, 0.4) is 0 Å². The molecule has 1 rings (SSSR count). The van der Waals surface area contributed by atoms with Gasteiger partial charge in [-0.2, -0.15) is 0 Å². The second-order valence-electron chi connectivity index (χ2n) is 7.54. The first-order chi connectivity index (χ1) is 10.0. The molecule has 0 fully saturated rings. The van der Waals surface area contributed by atoms with Crippen molar-refractivity contribution in [3.05, 3.63) is 29.8 Å². The van der Waals surface area contributed by atoms with Gasteiger partial charge in [-0.3, -0.25) is 9.59 Å². The molecule has 0 heterocycles. The molecule has 2 amide bonds. The van der Waals surface area contributed by atoms with Gasteiger partial charge in [-0.25, -0.2) is 0 Å². The second-order valence-corrected chi connectivity index (χ2v) is 7.54. The molecule has 122 valence electrons. The fourth-order valence-electron chi connectivity index (χ4n) is 2.86. The standard InChI is InChI=1S/C18H28N2O2/c1-7-13-10-8-9-11-14(13)19-15(21)16(22)20-18(5,6)12-17(2,3)4/h8-11H,7,12H2,1-6H3,(H,19,21)(H,20,22). The lowest BCUT2D eigenvalue weighted by Gasteiger charge is -2.33. The summed E-state index contributed by atoms with van der Waals surface area (Å²) >= 11 is 0. The van der Waals surface area contributed by atoms with Gasteiger partial charge in [0.25, 0.3) is 0 Å². The zero-order valence-electron chi connectivity index (χ0n) is 14.5. The zero-order valence-corrected chi connectivity index (χ0v) is 14.5. The van der Waals surface area contributed by atoms with E-state index in [-0.39, 0.29) is 5.41 Å². The van der Waals surface area contributed by atoms with Crippen LogP contribution in [0.15, 0.2) is 24.3 Å². The maximum atomic E-state index is 12.1. The molecule has 0 bridgehead atoms. The van der Waals surface area contributed by atoms with Gasteiger partial charge in [0.05, 0.1) is 0 Å². The number of rotatable bonds is 4. The Kier molecular flexibility index (Phi) is 5.75. The van der Waals surface area contributed by atoms with Crippen LogP contribution in [0.4, 0.5) is 5.69 Å². The molecule has 0 saturated heterocycles. The summed E-state index contributed by atoms with van der Waals surface area (Å²) in [5.41, 5.74) is 1.34. The third-order valence-electron chi connectivity index (χ3n) is 3.28. The van der Waals surface area contributed by atoms with Crippen molar-refractivity contribution < 1.29 is 9.59 Å². The van der Waals surface area contributed by atoms with Crippen LogP contribution in [-0.2, 0) is 16.0 Å². The van der Waals surface area contributed by atoms with Crippen molar-refractivity contribution in [2.75, 3.05) is 5.32 Å². The van der Waals surface area contributed by atoms with E-state index in [4.69, 9.17) is 0 Å². The largest absolute Gasteiger partial charge is 0.343 e. The highest BCUT2D eigenvalue weighted by Gasteiger charge is 2.29. The Morgan fingerprint density at radius 2 is 1.59 bits per heavy atom. The minimum absolute atomic E-state index is 0.0715. The quantitative estimate of drug-likeness (QED) is 0.836. The van der Waals surface area contributed by atoms with Crippen molar-refractivity contribution in [2.24, 2.45) is 5.41 Å². The molecule has 0 spiro atoms. The normalized spacial score (nSPS) is 11.9. The third-order valence-corrected chi connectivity index (χ3v) is 3.28. The van der Waals surface area contributed by atoms with Crippen LogP contribution in [0.1, 0.15) is 53.5 Å². The SMILES string of the molecule is CCc1ccccc1NC(=O)C(=O)NC(C)(C)CC(C)(C)C. The number of aryl methyl sites for hydroxylation is 1. The van der Waals surface area contributed by atoms with Gasteiger partial charge in [0.2, 0.25) is 0 Å². The number of amides is 2. The average molecular weight is 304 g/mol. The fourth-order valence-corrected chi connectivity index (χ4v) is 2.86. The Hall–Kier alpha value is -1.84.